The van der Waals surface area contributed by atoms with Crippen LogP contribution in [-0.4, -0.2) is 35.1 Å². The second-order valence-electron chi connectivity index (χ2n) is 8.16. The van der Waals surface area contributed by atoms with Gasteiger partial charge in [0.25, 0.3) is 0 Å². The minimum absolute atomic E-state index is 0.186. The summed E-state index contributed by atoms with van der Waals surface area (Å²) < 4.78 is 14.5. The molecular weight excluding hydrogens is 349 g/mol. The number of aryl methyl sites for hydroxylation is 1. The van der Waals surface area contributed by atoms with Crippen LogP contribution in [0.4, 0.5) is 10.1 Å². The molecule has 0 radical (unpaired) electrons. The van der Waals surface area contributed by atoms with Crippen molar-refractivity contribution in [3.8, 4) is 0 Å². The molecule has 2 heterocycles. The van der Waals surface area contributed by atoms with Crippen LogP contribution in [-0.2, 0) is 0 Å². The Morgan fingerprint density at radius 3 is 2.46 bits per heavy atom. The van der Waals surface area contributed by atoms with Crippen LogP contribution < -0.4 is 5.32 Å². The number of rotatable bonds is 5. The highest BCUT2D eigenvalue weighted by Gasteiger charge is 2.21. The molecule has 28 heavy (non-hydrogen) atoms. The summed E-state index contributed by atoms with van der Waals surface area (Å²) in [5.74, 6) is -0.186. The summed E-state index contributed by atoms with van der Waals surface area (Å²) >= 11 is 0. The minimum Gasteiger partial charge on any atom is -0.380 e. The number of anilines is 1. The summed E-state index contributed by atoms with van der Waals surface area (Å²) in [6.45, 7) is 12.7. The summed E-state index contributed by atoms with van der Waals surface area (Å²) in [7, 11) is 0. The third kappa shape index (κ3) is 4.79. The molecule has 0 bridgehead atoms. The molecule has 0 amide bonds. The standard InChI is InChI=1S/C24H32FN3/c1-16(2)28-13-11-21(12-14-28)27-24-15-20(9-10-22(24)25)18(4)19(5)23-8-6-7-17(3)26-23/h6-10,15-16,21,27H,11-14H2,1-5H3/b19-18-. The van der Waals surface area contributed by atoms with Gasteiger partial charge < -0.3 is 10.2 Å². The van der Waals surface area contributed by atoms with Gasteiger partial charge in [0.15, 0.2) is 0 Å². The molecule has 1 aliphatic rings. The van der Waals surface area contributed by atoms with Crippen LogP contribution in [0.5, 0.6) is 0 Å². The molecule has 1 aliphatic heterocycles. The van der Waals surface area contributed by atoms with Gasteiger partial charge in [0.05, 0.1) is 11.4 Å². The molecule has 0 saturated carbocycles. The molecule has 1 N–H and O–H groups in total. The first-order chi connectivity index (χ1) is 13.3. The van der Waals surface area contributed by atoms with Crippen molar-refractivity contribution in [2.24, 2.45) is 0 Å². The van der Waals surface area contributed by atoms with Crippen molar-refractivity contribution in [2.75, 3.05) is 18.4 Å². The van der Waals surface area contributed by atoms with E-state index in [2.05, 4.69) is 42.9 Å². The predicted molar refractivity (Wildman–Crippen MR) is 117 cm³/mol. The quantitative estimate of drug-likeness (QED) is 0.713. The number of nitrogens with one attached hydrogen (secondary N) is 1. The lowest BCUT2D eigenvalue weighted by molar-refractivity contribution is 0.177. The van der Waals surface area contributed by atoms with Crippen LogP contribution in [0.2, 0.25) is 0 Å². The van der Waals surface area contributed by atoms with E-state index in [4.69, 9.17) is 0 Å². The fourth-order valence-corrected chi connectivity index (χ4v) is 3.81. The lowest BCUT2D eigenvalue weighted by atomic mass is 9.98. The Bertz CT molecular complexity index is 849. The highest BCUT2D eigenvalue weighted by Crippen LogP contribution is 2.29. The third-order valence-corrected chi connectivity index (χ3v) is 5.85. The van der Waals surface area contributed by atoms with Gasteiger partial charge in [-0.1, -0.05) is 12.1 Å². The Hall–Kier alpha value is -2.20. The Morgan fingerprint density at radius 2 is 1.82 bits per heavy atom. The molecule has 1 saturated heterocycles. The van der Waals surface area contributed by atoms with E-state index in [0.29, 0.717) is 17.8 Å². The van der Waals surface area contributed by atoms with E-state index >= 15 is 0 Å². The van der Waals surface area contributed by atoms with Gasteiger partial charge >= 0.3 is 0 Å². The van der Waals surface area contributed by atoms with Crippen molar-refractivity contribution in [2.45, 2.75) is 59.5 Å². The van der Waals surface area contributed by atoms with Crippen molar-refractivity contribution in [1.29, 1.82) is 0 Å². The highest BCUT2D eigenvalue weighted by molar-refractivity contribution is 5.88. The lowest BCUT2D eigenvalue weighted by Crippen LogP contribution is -2.42. The Labute approximate surface area is 168 Å². The molecule has 0 unspecified atom stereocenters. The zero-order valence-corrected chi connectivity index (χ0v) is 17.7. The molecular formula is C24H32FN3. The van der Waals surface area contributed by atoms with E-state index in [-0.39, 0.29) is 5.82 Å². The van der Waals surface area contributed by atoms with Gasteiger partial charge in [-0.3, -0.25) is 4.98 Å². The second kappa shape index (κ2) is 8.87. The van der Waals surface area contributed by atoms with E-state index in [0.717, 1.165) is 54.0 Å². The molecule has 4 heteroatoms. The maximum Gasteiger partial charge on any atom is 0.146 e. The zero-order chi connectivity index (χ0) is 20.3. The predicted octanol–water partition coefficient (Wildman–Crippen LogP) is 5.76. The van der Waals surface area contributed by atoms with Crippen LogP contribution in [0.15, 0.2) is 36.4 Å². The molecule has 150 valence electrons. The summed E-state index contributed by atoms with van der Waals surface area (Å²) in [6, 6.07) is 12.3. The summed E-state index contributed by atoms with van der Waals surface area (Å²) in [4.78, 5) is 7.10. The van der Waals surface area contributed by atoms with Crippen LogP contribution in [0, 0.1) is 12.7 Å². The first-order valence-corrected chi connectivity index (χ1v) is 10.3. The number of halogens is 1. The fourth-order valence-electron chi connectivity index (χ4n) is 3.81. The van der Waals surface area contributed by atoms with Crippen LogP contribution in [0.1, 0.15) is 57.5 Å². The topological polar surface area (TPSA) is 28.2 Å². The number of nitrogens with zero attached hydrogens (tertiary/aromatic N) is 2. The number of pyridine rings is 1. The molecule has 0 spiro atoms. The van der Waals surface area contributed by atoms with Crippen molar-refractivity contribution in [1.82, 2.24) is 9.88 Å². The van der Waals surface area contributed by atoms with Crippen molar-refractivity contribution in [3.63, 3.8) is 0 Å². The van der Waals surface area contributed by atoms with Crippen molar-refractivity contribution >= 4 is 16.8 Å². The number of hydrogen-bond acceptors (Lipinski definition) is 3. The van der Waals surface area contributed by atoms with Crippen LogP contribution >= 0.6 is 0 Å². The molecule has 1 aromatic heterocycles. The number of piperidine rings is 1. The van der Waals surface area contributed by atoms with Gasteiger partial charge in [-0.25, -0.2) is 4.39 Å². The maximum atomic E-state index is 14.5. The van der Waals surface area contributed by atoms with Gasteiger partial charge in [0.1, 0.15) is 5.82 Å². The third-order valence-electron chi connectivity index (χ3n) is 5.85. The minimum atomic E-state index is -0.186. The Balaban J connectivity index is 1.79. The smallest absolute Gasteiger partial charge is 0.146 e. The number of benzene rings is 1. The largest absolute Gasteiger partial charge is 0.380 e. The van der Waals surface area contributed by atoms with Gasteiger partial charge in [-0.2, -0.15) is 0 Å². The summed E-state index contributed by atoms with van der Waals surface area (Å²) in [5, 5.41) is 3.45. The number of hydrogen-bond donors (Lipinski definition) is 1. The van der Waals surface area contributed by atoms with Gasteiger partial charge in [0, 0.05) is 30.9 Å². The van der Waals surface area contributed by atoms with Crippen molar-refractivity contribution < 1.29 is 4.39 Å². The summed E-state index contributed by atoms with van der Waals surface area (Å²) in [6.07, 6.45) is 2.09. The average Bonchev–Trinajstić information content (AvgIpc) is 2.69. The number of allylic oxidation sites excluding steroid dienone is 2. The molecule has 3 nitrogen and oxygen atoms in total. The first-order valence-electron chi connectivity index (χ1n) is 10.3. The van der Waals surface area contributed by atoms with Crippen LogP contribution in [0.25, 0.3) is 11.1 Å². The fraction of sp³-hybridized carbons (Fsp3) is 0.458. The van der Waals surface area contributed by atoms with E-state index in [1.165, 1.54) is 0 Å². The lowest BCUT2D eigenvalue weighted by Gasteiger charge is -2.35. The van der Waals surface area contributed by atoms with E-state index in [1.54, 1.807) is 6.07 Å². The molecule has 0 aliphatic carbocycles. The van der Waals surface area contributed by atoms with E-state index < -0.39 is 0 Å². The Kier molecular flexibility index (Phi) is 6.50. The van der Waals surface area contributed by atoms with Gasteiger partial charge in [-0.15, -0.1) is 0 Å². The second-order valence-corrected chi connectivity index (χ2v) is 8.16. The van der Waals surface area contributed by atoms with E-state index in [1.807, 2.05) is 37.3 Å². The molecule has 1 aromatic carbocycles. The monoisotopic (exact) mass is 381 g/mol. The first kappa shape index (κ1) is 20.5. The van der Waals surface area contributed by atoms with Gasteiger partial charge in [-0.05, 0) is 88.4 Å². The summed E-state index contributed by atoms with van der Waals surface area (Å²) in [5.41, 5.74) is 5.84. The molecule has 2 aromatic rings. The normalized spacial score (nSPS) is 17.0. The van der Waals surface area contributed by atoms with Gasteiger partial charge in [0.2, 0.25) is 0 Å². The maximum absolute atomic E-state index is 14.5. The Morgan fingerprint density at radius 1 is 1.11 bits per heavy atom. The zero-order valence-electron chi connectivity index (χ0n) is 17.7. The van der Waals surface area contributed by atoms with E-state index in [9.17, 15) is 4.39 Å². The molecule has 1 fully saturated rings. The average molecular weight is 382 g/mol. The number of aromatic nitrogens is 1. The van der Waals surface area contributed by atoms with Crippen molar-refractivity contribution in [3.05, 3.63) is 59.2 Å². The van der Waals surface area contributed by atoms with Crippen LogP contribution in [0.3, 0.4) is 0 Å². The number of likely N-dealkylation sites (tertiary alicyclic amines) is 1. The molecule has 3 rings (SSSR count). The molecule has 0 atom stereocenters. The SMILES string of the molecule is C/C(=C(\C)c1cccc(C)n1)c1ccc(F)c(NC2CCN(C(C)C)CC2)c1. The highest BCUT2D eigenvalue weighted by atomic mass is 19.1.